The van der Waals surface area contributed by atoms with Gasteiger partial charge in [0.05, 0.1) is 18.9 Å². The number of nitrogens with one attached hydrogen (secondary N) is 2. The molecular weight excluding hydrogens is 308 g/mol. The van der Waals surface area contributed by atoms with Crippen molar-refractivity contribution < 1.29 is 14.3 Å². The number of ether oxygens (including phenoxy) is 2. The van der Waals surface area contributed by atoms with Gasteiger partial charge in [-0.15, -0.1) is 0 Å². The first kappa shape index (κ1) is 17.9. The lowest BCUT2D eigenvalue weighted by atomic mass is 10.2. The molecule has 1 aromatic carbocycles. The third-order valence-electron chi connectivity index (χ3n) is 3.50. The van der Waals surface area contributed by atoms with Gasteiger partial charge in [-0.05, 0) is 44.7 Å². The first-order valence-corrected chi connectivity index (χ1v) is 8.35. The third-order valence-corrected chi connectivity index (χ3v) is 3.50. The van der Waals surface area contributed by atoms with Crippen LogP contribution in [-0.4, -0.2) is 38.2 Å². The Kier molecular flexibility index (Phi) is 6.72. The zero-order valence-corrected chi connectivity index (χ0v) is 14.3. The third kappa shape index (κ3) is 5.98. The minimum absolute atomic E-state index is 0.000667. The largest absolute Gasteiger partial charge is 0.494 e. The van der Waals surface area contributed by atoms with E-state index < -0.39 is 0 Å². The van der Waals surface area contributed by atoms with E-state index in [1.807, 2.05) is 26.0 Å². The lowest BCUT2D eigenvalue weighted by molar-refractivity contribution is -0.119. The normalized spacial score (nSPS) is 14.2. The van der Waals surface area contributed by atoms with E-state index in [2.05, 4.69) is 15.6 Å². The lowest BCUT2D eigenvalue weighted by Crippen LogP contribution is -2.30. The van der Waals surface area contributed by atoms with Gasteiger partial charge in [0, 0.05) is 12.6 Å². The molecule has 0 bridgehead atoms. The van der Waals surface area contributed by atoms with Crippen LogP contribution in [0.5, 0.6) is 11.5 Å². The molecule has 0 heterocycles. The minimum atomic E-state index is -0.125. The number of anilines is 1. The molecule has 0 aromatic heterocycles. The number of benzene rings is 1. The predicted molar refractivity (Wildman–Crippen MR) is 94.6 cm³/mol. The second-order valence-corrected chi connectivity index (χ2v) is 5.60. The van der Waals surface area contributed by atoms with E-state index in [-0.39, 0.29) is 18.4 Å². The first-order chi connectivity index (χ1) is 11.6. The summed E-state index contributed by atoms with van der Waals surface area (Å²) in [4.78, 5) is 15.8. The van der Waals surface area contributed by atoms with E-state index in [0.717, 1.165) is 6.54 Å². The summed E-state index contributed by atoms with van der Waals surface area (Å²) in [7, 11) is 0. The Morgan fingerprint density at radius 1 is 1.29 bits per heavy atom. The summed E-state index contributed by atoms with van der Waals surface area (Å²) in [6.45, 7) is 5.65. The molecule has 0 unspecified atom stereocenters. The quantitative estimate of drug-likeness (QED) is 0.472. The molecular formula is C17H26N4O3. The molecule has 0 saturated heterocycles. The molecule has 1 saturated carbocycles. The van der Waals surface area contributed by atoms with Gasteiger partial charge in [-0.3, -0.25) is 4.79 Å². The Labute approximate surface area is 142 Å². The van der Waals surface area contributed by atoms with Crippen molar-refractivity contribution in [2.75, 3.05) is 31.6 Å². The number of nitrogens with zero attached hydrogens (tertiary/aromatic N) is 1. The summed E-state index contributed by atoms with van der Waals surface area (Å²) < 4.78 is 11.0. The van der Waals surface area contributed by atoms with Crippen molar-refractivity contribution in [1.29, 1.82) is 0 Å². The summed E-state index contributed by atoms with van der Waals surface area (Å²) in [6, 6.07) is 5.44. The Morgan fingerprint density at radius 3 is 2.71 bits per heavy atom. The number of hydrogen-bond donors (Lipinski definition) is 3. The highest BCUT2D eigenvalue weighted by Gasteiger charge is 2.21. The van der Waals surface area contributed by atoms with Crippen LogP contribution >= 0.6 is 0 Å². The monoisotopic (exact) mass is 334 g/mol. The summed E-state index contributed by atoms with van der Waals surface area (Å²) >= 11 is 0. The predicted octanol–water partition coefficient (Wildman–Crippen LogP) is 1.74. The molecule has 0 spiro atoms. The molecule has 7 heteroatoms. The zero-order valence-electron chi connectivity index (χ0n) is 14.3. The highest BCUT2D eigenvalue weighted by Crippen LogP contribution is 2.29. The number of carbonyl (C=O) groups excluding carboxylic acids is 1. The maximum Gasteiger partial charge on any atom is 0.241 e. The van der Waals surface area contributed by atoms with Gasteiger partial charge >= 0.3 is 0 Å². The van der Waals surface area contributed by atoms with Crippen molar-refractivity contribution in [3.05, 3.63) is 18.2 Å². The van der Waals surface area contributed by atoms with Crippen molar-refractivity contribution in [1.82, 2.24) is 5.32 Å². The molecule has 0 radical (unpaired) electrons. The molecule has 1 fully saturated rings. The van der Waals surface area contributed by atoms with Crippen molar-refractivity contribution in [2.45, 2.75) is 26.7 Å². The average molecular weight is 334 g/mol. The van der Waals surface area contributed by atoms with Crippen molar-refractivity contribution in [2.24, 2.45) is 16.6 Å². The van der Waals surface area contributed by atoms with Crippen LogP contribution in [0.4, 0.5) is 5.69 Å². The van der Waals surface area contributed by atoms with E-state index >= 15 is 0 Å². The SMILES string of the molecule is CCOc1ccc(OCC)c(NC(N)=NCC(=O)NCC2CC2)c1. The van der Waals surface area contributed by atoms with Gasteiger partial charge in [0.2, 0.25) is 5.91 Å². The van der Waals surface area contributed by atoms with Gasteiger partial charge in [0.25, 0.3) is 0 Å². The molecule has 0 atom stereocenters. The van der Waals surface area contributed by atoms with Gasteiger partial charge in [0.1, 0.15) is 18.0 Å². The average Bonchev–Trinajstić information content (AvgIpc) is 3.38. The highest BCUT2D eigenvalue weighted by molar-refractivity contribution is 5.95. The fourth-order valence-corrected chi connectivity index (χ4v) is 2.12. The first-order valence-electron chi connectivity index (χ1n) is 8.35. The van der Waals surface area contributed by atoms with E-state index in [9.17, 15) is 4.79 Å². The molecule has 4 N–H and O–H groups in total. The van der Waals surface area contributed by atoms with Crippen molar-refractivity contribution in [3.63, 3.8) is 0 Å². The summed E-state index contributed by atoms with van der Waals surface area (Å²) in [5, 5.41) is 5.82. The number of amides is 1. The molecule has 24 heavy (non-hydrogen) atoms. The number of rotatable bonds is 9. The highest BCUT2D eigenvalue weighted by atomic mass is 16.5. The van der Waals surface area contributed by atoms with Gasteiger partial charge in [-0.2, -0.15) is 0 Å². The maximum absolute atomic E-state index is 11.7. The Balaban J connectivity index is 1.94. The maximum atomic E-state index is 11.7. The van der Waals surface area contributed by atoms with E-state index in [0.29, 0.717) is 36.3 Å². The van der Waals surface area contributed by atoms with Crippen LogP contribution in [0, 0.1) is 5.92 Å². The van der Waals surface area contributed by atoms with Crippen LogP contribution in [0.1, 0.15) is 26.7 Å². The van der Waals surface area contributed by atoms with Crippen molar-refractivity contribution >= 4 is 17.6 Å². The van der Waals surface area contributed by atoms with Crippen LogP contribution in [0.25, 0.3) is 0 Å². The second kappa shape index (κ2) is 9.00. The standard InChI is InChI=1S/C17H26N4O3/c1-3-23-13-7-8-15(24-4-2)14(9-13)21-17(18)20-11-16(22)19-10-12-5-6-12/h7-9,12H,3-6,10-11H2,1-2H3,(H,19,22)(H3,18,20,21). The fourth-order valence-electron chi connectivity index (χ4n) is 2.12. The number of hydrogen-bond acceptors (Lipinski definition) is 4. The van der Waals surface area contributed by atoms with Crippen LogP contribution in [0.15, 0.2) is 23.2 Å². The molecule has 1 aromatic rings. The number of guanidine groups is 1. The summed E-state index contributed by atoms with van der Waals surface area (Å²) in [6.07, 6.45) is 2.40. The summed E-state index contributed by atoms with van der Waals surface area (Å²) in [5.74, 6) is 2.03. The van der Waals surface area contributed by atoms with Crippen LogP contribution in [0.2, 0.25) is 0 Å². The Morgan fingerprint density at radius 2 is 2.04 bits per heavy atom. The van der Waals surface area contributed by atoms with E-state index in [4.69, 9.17) is 15.2 Å². The fraction of sp³-hybridized carbons (Fsp3) is 0.529. The molecule has 1 aliphatic rings. The van der Waals surface area contributed by atoms with E-state index in [1.54, 1.807) is 6.07 Å². The number of nitrogens with two attached hydrogens (primary N) is 1. The Bertz CT molecular complexity index is 585. The lowest BCUT2D eigenvalue weighted by Gasteiger charge is -2.14. The number of aliphatic imine (C=N–C) groups is 1. The zero-order chi connectivity index (χ0) is 17.4. The molecule has 0 aliphatic heterocycles. The second-order valence-electron chi connectivity index (χ2n) is 5.60. The molecule has 132 valence electrons. The van der Waals surface area contributed by atoms with Crippen molar-refractivity contribution in [3.8, 4) is 11.5 Å². The molecule has 1 aliphatic carbocycles. The number of carbonyl (C=O) groups is 1. The Hall–Kier alpha value is -2.44. The minimum Gasteiger partial charge on any atom is -0.494 e. The van der Waals surface area contributed by atoms with E-state index in [1.165, 1.54) is 12.8 Å². The van der Waals surface area contributed by atoms with Crippen LogP contribution in [0.3, 0.4) is 0 Å². The summed E-state index contributed by atoms with van der Waals surface area (Å²) in [5.41, 5.74) is 6.53. The van der Waals surface area contributed by atoms with Crippen LogP contribution < -0.4 is 25.8 Å². The molecule has 7 nitrogen and oxygen atoms in total. The smallest absolute Gasteiger partial charge is 0.241 e. The van der Waals surface area contributed by atoms with Gasteiger partial charge in [0.15, 0.2) is 5.96 Å². The van der Waals surface area contributed by atoms with Gasteiger partial charge < -0.3 is 25.8 Å². The van der Waals surface area contributed by atoms with Gasteiger partial charge in [-0.1, -0.05) is 0 Å². The molecule has 1 amide bonds. The topological polar surface area (TPSA) is 98.0 Å². The molecule has 2 rings (SSSR count). The van der Waals surface area contributed by atoms with Crippen LogP contribution in [-0.2, 0) is 4.79 Å². The van der Waals surface area contributed by atoms with Gasteiger partial charge in [-0.25, -0.2) is 4.99 Å².